The van der Waals surface area contributed by atoms with E-state index in [-0.39, 0.29) is 18.3 Å². The highest BCUT2D eigenvalue weighted by Gasteiger charge is 2.24. The number of nitrogens with zero attached hydrogens (tertiary/aromatic N) is 4. The maximum atomic E-state index is 14.6. The second-order valence-electron chi connectivity index (χ2n) is 20.0. The Hall–Kier alpha value is -9.32. The van der Waals surface area contributed by atoms with Gasteiger partial charge in [0.1, 0.15) is 54.4 Å². The highest BCUT2D eigenvalue weighted by atomic mass is 16.2. The number of amides is 4. The molecule has 0 saturated heterocycles. The van der Waals surface area contributed by atoms with Crippen molar-refractivity contribution in [2.45, 2.75) is 45.6 Å². The van der Waals surface area contributed by atoms with Gasteiger partial charge in [0.05, 0.1) is 22.3 Å². The summed E-state index contributed by atoms with van der Waals surface area (Å²) in [5, 5.41) is 11.3. The van der Waals surface area contributed by atoms with Gasteiger partial charge in [-0.05, 0) is 43.7 Å². The number of carbonyl (C=O) groups excluding carboxylic acids is 4. The van der Waals surface area contributed by atoms with E-state index in [2.05, 4.69) is 135 Å². The number of hydrogen-bond donors (Lipinski definition) is 5. The van der Waals surface area contributed by atoms with E-state index in [1.54, 1.807) is 19.3 Å². The first-order chi connectivity index (χ1) is 38.1. The lowest BCUT2D eigenvalue weighted by atomic mass is 9.90. The molecule has 17 heteroatoms. The van der Waals surface area contributed by atoms with Gasteiger partial charge < -0.3 is 27.0 Å². The van der Waals surface area contributed by atoms with E-state index in [1.807, 2.05) is 119 Å². The van der Waals surface area contributed by atoms with E-state index in [1.165, 1.54) is 28.1 Å². The van der Waals surface area contributed by atoms with Crippen LogP contribution in [0.1, 0.15) is 56.3 Å². The number of rotatable bonds is 21. The molecule has 0 aliphatic carbocycles. The molecular weight excluding hydrogens is 978 g/mol. The Morgan fingerprint density at radius 2 is 0.949 bits per heavy atom. The molecule has 1 atom stereocenters. The maximum absolute atomic E-state index is 14.6. The van der Waals surface area contributed by atoms with Crippen molar-refractivity contribution in [2.75, 3.05) is 13.1 Å². The fourth-order valence-corrected chi connectivity index (χ4v) is 9.11. The minimum absolute atomic E-state index is 0.174. The number of pyridine rings is 4. The summed E-state index contributed by atoms with van der Waals surface area (Å²) in [6.45, 7) is 8.10. The molecule has 4 aromatic carbocycles. The summed E-state index contributed by atoms with van der Waals surface area (Å²) in [6.07, 6.45) is 17.5. The first-order valence-corrected chi connectivity index (χ1v) is 26.5. The molecule has 0 spiro atoms. The van der Waals surface area contributed by atoms with Crippen LogP contribution in [-0.2, 0) is 35.8 Å². The zero-order valence-electron chi connectivity index (χ0n) is 45.6. The Labute approximate surface area is 466 Å². The summed E-state index contributed by atoms with van der Waals surface area (Å²) in [5.41, 5.74) is 23.0. The zero-order chi connectivity index (χ0) is 55.8. The lowest BCUT2D eigenvalue weighted by molar-refractivity contribution is -0.689. The van der Waals surface area contributed by atoms with Crippen LogP contribution >= 0.6 is 0 Å². The summed E-state index contributed by atoms with van der Waals surface area (Å²) >= 11 is 0. The van der Waals surface area contributed by atoms with Gasteiger partial charge in [-0.3, -0.25) is 19.2 Å². The number of hydrogen-bond acceptors (Lipinski definition) is 5. The van der Waals surface area contributed by atoms with Gasteiger partial charge in [-0.1, -0.05) is 131 Å². The van der Waals surface area contributed by atoms with Crippen molar-refractivity contribution in [2.24, 2.45) is 5.73 Å². The fourth-order valence-electron chi connectivity index (χ4n) is 9.11. The molecule has 8 rings (SSSR count). The van der Waals surface area contributed by atoms with Crippen LogP contribution in [0.25, 0.3) is 22.3 Å². The van der Waals surface area contributed by atoms with Crippen molar-refractivity contribution in [3.63, 3.8) is 0 Å². The van der Waals surface area contributed by atoms with Gasteiger partial charge in [0.2, 0.25) is 11.8 Å². The number of aromatic nitrogens is 4. The van der Waals surface area contributed by atoms with Crippen molar-refractivity contribution >= 4 is 76.9 Å². The van der Waals surface area contributed by atoms with E-state index in [9.17, 15) is 19.2 Å². The molecule has 79 heavy (non-hydrogen) atoms. The summed E-state index contributed by atoms with van der Waals surface area (Å²) in [6, 6.07) is 43.1. The average Bonchev–Trinajstić information content (AvgIpc) is 3.44. The largest absolute Gasteiger partial charge is 0.379 e. The normalized spacial score (nSPS) is 11.1. The van der Waals surface area contributed by atoms with Crippen LogP contribution in [0, 0.1) is 0 Å². The molecule has 6 N–H and O–H groups in total. The van der Waals surface area contributed by atoms with E-state index in [4.69, 9.17) is 5.73 Å². The lowest BCUT2D eigenvalue weighted by Crippen LogP contribution is -2.47. The van der Waals surface area contributed by atoms with Gasteiger partial charge >= 0.3 is 0 Å². The SMILES string of the molecule is Bc1ccccc1C[n+]1cccc(-c2cc(C(=O)NC(N)=C=CC(NC(=O)c3cc(-c4ccc[n+](Cc5ccccc5B)c4)c[n+](Cc4ccccc4B)c3)C(=O)NCCCNC(=O)C(=C)C)c[n+](Cc3ccccc3B)c2)c1. The van der Waals surface area contributed by atoms with Gasteiger partial charge in [0, 0.05) is 53.0 Å². The minimum atomic E-state index is -1.29. The molecule has 1 unspecified atom stereocenters. The van der Waals surface area contributed by atoms with E-state index in [0.717, 1.165) is 44.3 Å². The van der Waals surface area contributed by atoms with Crippen molar-refractivity contribution < 1.29 is 37.4 Å². The molecule has 8 aromatic rings. The number of carbonyl (C=O) groups is 4. The Balaban J connectivity index is 1.09. The summed E-state index contributed by atoms with van der Waals surface area (Å²) < 4.78 is 8.21. The number of nitrogens with one attached hydrogen (secondary N) is 4. The van der Waals surface area contributed by atoms with E-state index >= 15 is 0 Å². The Bertz CT molecular complexity index is 3660. The van der Waals surface area contributed by atoms with Gasteiger partial charge in [-0.25, -0.2) is 9.13 Å². The van der Waals surface area contributed by atoms with Gasteiger partial charge in [-0.2, -0.15) is 9.13 Å². The third kappa shape index (κ3) is 15.7. The smallest absolute Gasteiger partial charge is 0.263 e. The molecule has 13 nitrogen and oxygen atoms in total. The molecule has 4 amide bonds. The molecule has 0 aliphatic rings. The summed E-state index contributed by atoms with van der Waals surface area (Å²) in [4.78, 5) is 55.1. The first kappa shape index (κ1) is 55.9. The Morgan fingerprint density at radius 1 is 0.544 bits per heavy atom. The molecule has 4 heterocycles. The van der Waals surface area contributed by atoms with Crippen molar-refractivity contribution in [1.82, 2.24) is 21.3 Å². The van der Waals surface area contributed by atoms with Crippen LogP contribution in [-0.4, -0.2) is 74.1 Å². The van der Waals surface area contributed by atoms with Crippen LogP contribution in [0.4, 0.5) is 0 Å². The highest BCUT2D eigenvalue weighted by Crippen LogP contribution is 2.20. The van der Waals surface area contributed by atoms with E-state index < -0.39 is 23.8 Å². The Morgan fingerprint density at radius 3 is 1.39 bits per heavy atom. The summed E-state index contributed by atoms with van der Waals surface area (Å²) in [7, 11) is 8.31. The second-order valence-corrected chi connectivity index (χ2v) is 20.0. The van der Waals surface area contributed by atoms with Crippen molar-refractivity contribution in [1.29, 1.82) is 0 Å². The third-order valence-corrected chi connectivity index (χ3v) is 13.8. The van der Waals surface area contributed by atoms with Crippen molar-refractivity contribution in [3.8, 4) is 22.3 Å². The number of benzene rings is 4. The predicted molar refractivity (Wildman–Crippen MR) is 319 cm³/mol. The van der Waals surface area contributed by atoms with Crippen LogP contribution < -0.4 is 67.1 Å². The molecule has 0 saturated carbocycles. The topological polar surface area (TPSA) is 158 Å². The maximum Gasteiger partial charge on any atom is 0.263 e. The highest BCUT2D eigenvalue weighted by molar-refractivity contribution is 6.34. The van der Waals surface area contributed by atoms with Crippen LogP contribution in [0.2, 0.25) is 0 Å². The molecular formula is C62H65B4N9O4+4. The Kier molecular flexibility index (Phi) is 18.8. The predicted octanol–water partition coefficient (Wildman–Crippen LogP) is -0.920. The van der Waals surface area contributed by atoms with Crippen LogP contribution in [0.3, 0.4) is 0 Å². The number of nitrogens with two attached hydrogens (primary N) is 1. The second kappa shape index (κ2) is 26.6. The van der Waals surface area contributed by atoms with Gasteiger partial charge in [-0.15, -0.1) is 0 Å². The van der Waals surface area contributed by atoms with Crippen molar-refractivity contribution in [3.05, 3.63) is 246 Å². The minimum Gasteiger partial charge on any atom is -0.379 e. The standard InChI is InChI=1S/C62H61B4N9O4/c1-42(2)59(76)68-26-13-27-69-62(79)57(70-60(77)51-30-49(38-74(40-51)36-47-16-5-9-22-55(47)65)43-18-11-28-72(32-43)34-45-14-3-7-20-53(45)63)24-25-58(67)71-61(78)52-31-50(39-75(41-52)37-48-17-6-10-23-56(48)66)44-19-12-29-73(33-44)35-46-15-4-8-21-54(46)64/h3-12,14-24,28-33,38-41,57H,1,13,26-27,34-37,63-67H2,2H3/p+4. The molecule has 0 bridgehead atoms. The van der Waals surface area contributed by atoms with E-state index in [0.29, 0.717) is 55.8 Å². The molecule has 0 radical (unpaired) electrons. The first-order valence-electron chi connectivity index (χ1n) is 26.5. The molecule has 4 aromatic heterocycles. The zero-order valence-corrected chi connectivity index (χ0v) is 45.6. The molecule has 0 fully saturated rings. The van der Waals surface area contributed by atoms with Crippen LogP contribution in [0.5, 0.6) is 0 Å². The fraction of sp³-hybridized carbons (Fsp3) is 0.145. The van der Waals surface area contributed by atoms with Crippen LogP contribution in [0.15, 0.2) is 213 Å². The quantitative estimate of drug-likeness (QED) is 0.0207. The third-order valence-electron chi connectivity index (χ3n) is 13.8. The summed E-state index contributed by atoms with van der Waals surface area (Å²) in [5.74, 6) is -2.04. The van der Waals surface area contributed by atoms with Gasteiger partial charge in [0.25, 0.3) is 11.8 Å². The molecule has 0 aliphatic heterocycles. The monoisotopic (exact) mass is 1040 g/mol. The average molecular weight is 1040 g/mol. The molecule has 390 valence electrons. The van der Waals surface area contributed by atoms with Gasteiger partial charge in [0.15, 0.2) is 75.8 Å². The lowest BCUT2D eigenvalue weighted by Gasteiger charge is -2.15.